The number of nitrogens with one attached hydrogen (secondary N) is 1. The number of carbonyl (C=O) groups excluding carboxylic acids is 1. The summed E-state index contributed by atoms with van der Waals surface area (Å²) in [5.74, 6) is 0.0930. The summed E-state index contributed by atoms with van der Waals surface area (Å²) in [4.78, 5) is 32.3. The van der Waals surface area contributed by atoms with Gasteiger partial charge in [0, 0.05) is 24.0 Å². The zero-order chi connectivity index (χ0) is 22.5. The highest BCUT2D eigenvalue weighted by molar-refractivity contribution is 5.93. The molecule has 5 rings (SSSR count). The van der Waals surface area contributed by atoms with Crippen LogP contribution >= 0.6 is 0 Å². The van der Waals surface area contributed by atoms with Crippen LogP contribution in [-0.4, -0.2) is 37.3 Å². The number of hydrogen-bond acceptors (Lipinski definition) is 6. The minimum atomic E-state index is -0.931. The first-order valence-corrected chi connectivity index (χ1v) is 10.5. The molecule has 32 heavy (non-hydrogen) atoms. The standard InChI is InChI=1S/C24H22N6O2/c1-14-21(32-23(28-14)24(2,3)12-25)22(31)30-11-10-17-19(27-13-26-17)20(30)18-9-8-15-6-4-5-7-16(15)29-18/h4-9,13,20H,10-11H2,1-3H3,(H,26,27)/t20-/m0/s1. The molecule has 1 N–H and O–H groups in total. The Kier molecular flexibility index (Phi) is 4.55. The molecule has 0 bridgehead atoms. The van der Waals surface area contributed by atoms with Crippen LogP contribution in [0.25, 0.3) is 10.9 Å². The van der Waals surface area contributed by atoms with E-state index in [0.29, 0.717) is 18.7 Å². The molecule has 0 spiro atoms. The third kappa shape index (κ3) is 3.14. The van der Waals surface area contributed by atoms with Crippen LogP contribution < -0.4 is 0 Å². The van der Waals surface area contributed by atoms with Crippen molar-refractivity contribution in [1.29, 1.82) is 5.26 Å². The molecular formula is C24H22N6O2. The Balaban J connectivity index is 1.60. The highest BCUT2D eigenvalue weighted by Gasteiger charge is 2.38. The van der Waals surface area contributed by atoms with Gasteiger partial charge in [-0.1, -0.05) is 24.3 Å². The molecule has 3 aromatic heterocycles. The first-order chi connectivity index (χ1) is 15.4. The fourth-order valence-electron chi connectivity index (χ4n) is 4.07. The number of aromatic amines is 1. The van der Waals surface area contributed by atoms with Crippen molar-refractivity contribution in [2.45, 2.75) is 38.6 Å². The molecule has 0 aliphatic carbocycles. The highest BCUT2D eigenvalue weighted by Crippen LogP contribution is 2.35. The predicted octanol–water partition coefficient (Wildman–Crippen LogP) is 3.84. The number of aromatic nitrogens is 4. The average molecular weight is 426 g/mol. The van der Waals surface area contributed by atoms with Crippen LogP contribution in [0.2, 0.25) is 0 Å². The van der Waals surface area contributed by atoms with Crippen LogP contribution in [0.5, 0.6) is 0 Å². The molecule has 1 amide bonds. The Morgan fingerprint density at radius 3 is 2.88 bits per heavy atom. The Morgan fingerprint density at radius 2 is 2.06 bits per heavy atom. The summed E-state index contributed by atoms with van der Waals surface area (Å²) in [6.45, 7) is 5.63. The number of benzene rings is 1. The topological polar surface area (TPSA) is 112 Å². The third-order valence-electron chi connectivity index (χ3n) is 5.89. The molecule has 1 aromatic carbocycles. The minimum absolute atomic E-state index is 0.146. The number of aryl methyl sites for hydroxylation is 1. The number of nitrogens with zero attached hydrogens (tertiary/aromatic N) is 5. The molecule has 1 atom stereocenters. The molecule has 160 valence electrons. The van der Waals surface area contributed by atoms with E-state index >= 15 is 0 Å². The van der Waals surface area contributed by atoms with Gasteiger partial charge in [-0.15, -0.1) is 0 Å². The lowest BCUT2D eigenvalue weighted by Gasteiger charge is -2.34. The second kappa shape index (κ2) is 7.31. The monoisotopic (exact) mass is 426 g/mol. The van der Waals surface area contributed by atoms with Crippen LogP contribution in [0, 0.1) is 18.3 Å². The van der Waals surface area contributed by atoms with E-state index in [1.54, 1.807) is 32.0 Å². The molecule has 1 aliphatic rings. The van der Waals surface area contributed by atoms with Crippen molar-refractivity contribution in [1.82, 2.24) is 24.8 Å². The number of nitriles is 1. The van der Waals surface area contributed by atoms with Crippen molar-refractivity contribution >= 4 is 16.8 Å². The first-order valence-electron chi connectivity index (χ1n) is 10.5. The molecule has 4 aromatic rings. The Morgan fingerprint density at radius 1 is 1.25 bits per heavy atom. The van der Waals surface area contributed by atoms with Gasteiger partial charge in [-0.3, -0.25) is 9.78 Å². The van der Waals surface area contributed by atoms with Gasteiger partial charge in [0.1, 0.15) is 11.5 Å². The normalized spacial score (nSPS) is 16.1. The Labute approximate surface area is 184 Å². The van der Waals surface area contributed by atoms with Gasteiger partial charge in [-0.25, -0.2) is 9.97 Å². The summed E-state index contributed by atoms with van der Waals surface area (Å²) in [5.41, 5.74) is 2.90. The van der Waals surface area contributed by atoms with E-state index < -0.39 is 11.5 Å². The maximum absolute atomic E-state index is 13.7. The van der Waals surface area contributed by atoms with Gasteiger partial charge in [0.25, 0.3) is 5.91 Å². The zero-order valence-corrected chi connectivity index (χ0v) is 18.1. The fourth-order valence-corrected chi connectivity index (χ4v) is 4.07. The second-order valence-electron chi connectivity index (χ2n) is 8.52. The van der Waals surface area contributed by atoms with Crippen LogP contribution in [-0.2, 0) is 11.8 Å². The Bertz CT molecular complexity index is 1380. The first kappa shape index (κ1) is 19.9. The van der Waals surface area contributed by atoms with Crippen LogP contribution in [0.3, 0.4) is 0 Å². The molecule has 8 nitrogen and oxygen atoms in total. The lowest BCUT2D eigenvalue weighted by Crippen LogP contribution is -2.41. The molecule has 0 fully saturated rings. The van der Waals surface area contributed by atoms with Crippen molar-refractivity contribution in [2.24, 2.45) is 0 Å². The van der Waals surface area contributed by atoms with Gasteiger partial charge < -0.3 is 14.3 Å². The zero-order valence-electron chi connectivity index (χ0n) is 18.1. The van der Waals surface area contributed by atoms with Crippen LogP contribution in [0.1, 0.15) is 59.1 Å². The predicted molar refractivity (Wildman–Crippen MR) is 117 cm³/mol. The van der Waals surface area contributed by atoms with Gasteiger partial charge in [0.05, 0.1) is 35.0 Å². The Hall–Kier alpha value is -3.99. The van der Waals surface area contributed by atoms with E-state index in [-0.39, 0.29) is 17.6 Å². The number of fused-ring (bicyclic) bond motifs is 2. The van der Waals surface area contributed by atoms with E-state index in [0.717, 1.165) is 28.0 Å². The van der Waals surface area contributed by atoms with E-state index in [9.17, 15) is 10.1 Å². The molecule has 0 unspecified atom stereocenters. The van der Waals surface area contributed by atoms with Gasteiger partial charge in [-0.05, 0) is 32.9 Å². The number of imidazole rings is 1. The van der Waals surface area contributed by atoms with Crippen molar-refractivity contribution in [3.63, 3.8) is 0 Å². The second-order valence-corrected chi connectivity index (χ2v) is 8.52. The molecule has 8 heteroatoms. The fraction of sp³-hybridized carbons (Fsp3) is 0.292. The van der Waals surface area contributed by atoms with E-state index in [4.69, 9.17) is 9.40 Å². The minimum Gasteiger partial charge on any atom is -0.434 e. The van der Waals surface area contributed by atoms with Gasteiger partial charge >= 0.3 is 0 Å². The number of oxazole rings is 1. The molecular weight excluding hydrogens is 404 g/mol. The largest absolute Gasteiger partial charge is 0.434 e. The van der Waals surface area contributed by atoms with Crippen molar-refractivity contribution in [3.05, 3.63) is 77.2 Å². The SMILES string of the molecule is Cc1nc(C(C)(C)C#N)oc1C(=O)N1CCc2[nH]cnc2[C@@H]1c1ccc2ccccc2n1. The van der Waals surface area contributed by atoms with Gasteiger partial charge in [0.15, 0.2) is 0 Å². The molecule has 1 aliphatic heterocycles. The van der Waals surface area contributed by atoms with Gasteiger partial charge in [-0.2, -0.15) is 5.26 Å². The number of pyridine rings is 1. The summed E-state index contributed by atoms with van der Waals surface area (Å²) < 4.78 is 5.84. The van der Waals surface area contributed by atoms with E-state index in [1.807, 2.05) is 36.4 Å². The quantitative estimate of drug-likeness (QED) is 0.533. The lowest BCUT2D eigenvalue weighted by molar-refractivity contribution is 0.0650. The average Bonchev–Trinajstić information content (AvgIpc) is 3.44. The number of amides is 1. The highest BCUT2D eigenvalue weighted by atomic mass is 16.4. The number of carbonyl (C=O) groups is 1. The van der Waals surface area contributed by atoms with Crippen LogP contribution in [0.4, 0.5) is 0 Å². The number of rotatable bonds is 3. The number of para-hydroxylation sites is 1. The summed E-state index contributed by atoms with van der Waals surface area (Å²) in [6, 6.07) is 13.5. The van der Waals surface area contributed by atoms with Crippen molar-refractivity contribution in [2.75, 3.05) is 6.54 Å². The summed E-state index contributed by atoms with van der Waals surface area (Å²) in [7, 11) is 0. The van der Waals surface area contributed by atoms with Crippen molar-refractivity contribution < 1.29 is 9.21 Å². The molecule has 4 heterocycles. The summed E-state index contributed by atoms with van der Waals surface area (Å²) in [6.07, 6.45) is 2.30. The molecule has 0 saturated carbocycles. The lowest BCUT2D eigenvalue weighted by atomic mass is 9.96. The molecule has 0 saturated heterocycles. The summed E-state index contributed by atoms with van der Waals surface area (Å²) in [5, 5.41) is 10.5. The van der Waals surface area contributed by atoms with Crippen molar-refractivity contribution in [3.8, 4) is 6.07 Å². The maximum atomic E-state index is 13.7. The van der Waals surface area contributed by atoms with E-state index in [1.165, 1.54) is 0 Å². The number of hydrogen-bond donors (Lipinski definition) is 1. The molecule has 0 radical (unpaired) electrons. The van der Waals surface area contributed by atoms with Gasteiger partial charge in [0.2, 0.25) is 11.7 Å². The number of H-pyrrole nitrogens is 1. The van der Waals surface area contributed by atoms with Crippen LogP contribution in [0.15, 0.2) is 47.1 Å². The summed E-state index contributed by atoms with van der Waals surface area (Å²) >= 11 is 0. The third-order valence-corrected chi connectivity index (χ3v) is 5.89. The maximum Gasteiger partial charge on any atom is 0.292 e. The van der Waals surface area contributed by atoms with E-state index in [2.05, 4.69) is 21.0 Å². The smallest absolute Gasteiger partial charge is 0.292 e.